The molecular weight excluding hydrogens is 164 g/mol. The third kappa shape index (κ3) is 2.22. The van der Waals surface area contributed by atoms with Crippen molar-refractivity contribution in [3.05, 3.63) is 29.3 Å². The third-order valence-electron chi connectivity index (χ3n) is 2.22. The van der Waals surface area contributed by atoms with Crippen LogP contribution in [0.15, 0.2) is 18.2 Å². The molecule has 1 aromatic rings. The second kappa shape index (κ2) is 4.28. The van der Waals surface area contributed by atoms with Crippen LogP contribution in [-0.2, 0) is 0 Å². The van der Waals surface area contributed by atoms with Crippen molar-refractivity contribution in [1.82, 2.24) is 0 Å². The van der Waals surface area contributed by atoms with E-state index in [9.17, 15) is 5.11 Å². The van der Waals surface area contributed by atoms with Crippen molar-refractivity contribution < 1.29 is 9.84 Å². The van der Waals surface area contributed by atoms with Crippen molar-refractivity contribution in [2.75, 3.05) is 7.11 Å². The molecule has 1 atom stereocenters. The Labute approximate surface area is 79.2 Å². The standard InChI is InChI=1S/C11H16O2/c1-4-11(12)10-6-5-9(13-3)7-8(10)2/h5-7,11-12H,4H2,1-3H3/t11-/m1/s1. The van der Waals surface area contributed by atoms with E-state index in [2.05, 4.69) is 0 Å². The Hall–Kier alpha value is -1.02. The van der Waals surface area contributed by atoms with Crippen molar-refractivity contribution in [2.24, 2.45) is 0 Å². The highest BCUT2D eigenvalue weighted by Crippen LogP contribution is 2.23. The first-order valence-electron chi connectivity index (χ1n) is 4.51. The highest BCUT2D eigenvalue weighted by Gasteiger charge is 2.07. The third-order valence-corrected chi connectivity index (χ3v) is 2.22. The summed E-state index contributed by atoms with van der Waals surface area (Å²) in [6.07, 6.45) is 0.388. The number of aryl methyl sites for hydroxylation is 1. The molecule has 0 fully saturated rings. The molecule has 0 heterocycles. The lowest BCUT2D eigenvalue weighted by molar-refractivity contribution is 0.173. The second-order valence-corrected chi connectivity index (χ2v) is 3.15. The van der Waals surface area contributed by atoms with Crippen LogP contribution in [0.4, 0.5) is 0 Å². The molecule has 2 heteroatoms. The van der Waals surface area contributed by atoms with Crippen molar-refractivity contribution >= 4 is 0 Å². The average molecular weight is 180 g/mol. The summed E-state index contributed by atoms with van der Waals surface area (Å²) >= 11 is 0. The predicted octanol–water partition coefficient (Wildman–Crippen LogP) is 2.45. The fourth-order valence-corrected chi connectivity index (χ4v) is 1.37. The molecule has 0 saturated carbocycles. The van der Waals surface area contributed by atoms with E-state index in [0.717, 1.165) is 23.3 Å². The highest BCUT2D eigenvalue weighted by molar-refractivity contribution is 5.35. The van der Waals surface area contributed by atoms with Gasteiger partial charge in [-0.25, -0.2) is 0 Å². The van der Waals surface area contributed by atoms with Gasteiger partial charge in [-0.2, -0.15) is 0 Å². The summed E-state index contributed by atoms with van der Waals surface area (Å²) in [5.41, 5.74) is 2.07. The molecule has 0 saturated heterocycles. The number of aliphatic hydroxyl groups excluding tert-OH is 1. The SMILES string of the molecule is CC[C@@H](O)c1ccc(OC)cc1C. The van der Waals surface area contributed by atoms with Crippen molar-refractivity contribution in [3.8, 4) is 5.75 Å². The lowest BCUT2D eigenvalue weighted by Gasteiger charge is -2.12. The van der Waals surface area contributed by atoms with E-state index in [1.807, 2.05) is 32.0 Å². The molecule has 0 radical (unpaired) electrons. The van der Waals surface area contributed by atoms with E-state index in [0.29, 0.717) is 0 Å². The van der Waals surface area contributed by atoms with Crippen molar-refractivity contribution in [3.63, 3.8) is 0 Å². The first kappa shape index (κ1) is 10.1. The summed E-state index contributed by atoms with van der Waals surface area (Å²) in [6, 6.07) is 5.73. The Morgan fingerprint density at radius 3 is 2.62 bits per heavy atom. The van der Waals surface area contributed by atoms with Crippen LogP contribution in [-0.4, -0.2) is 12.2 Å². The minimum absolute atomic E-state index is 0.356. The van der Waals surface area contributed by atoms with E-state index < -0.39 is 0 Å². The molecular formula is C11H16O2. The molecule has 0 bridgehead atoms. The number of aliphatic hydroxyl groups is 1. The minimum atomic E-state index is -0.356. The number of rotatable bonds is 3. The summed E-state index contributed by atoms with van der Waals surface area (Å²) in [5.74, 6) is 0.838. The van der Waals surface area contributed by atoms with E-state index in [4.69, 9.17) is 4.74 Å². The lowest BCUT2D eigenvalue weighted by Crippen LogP contribution is -1.98. The van der Waals surface area contributed by atoms with Gasteiger partial charge in [0.05, 0.1) is 13.2 Å². The fraction of sp³-hybridized carbons (Fsp3) is 0.455. The Balaban J connectivity index is 2.98. The first-order chi connectivity index (χ1) is 6.19. The van der Waals surface area contributed by atoms with Crippen LogP contribution in [0.1, 0.15) is 30.6 Å². The Morgan fingerprint density at radius 1 is 1.46 bits per heavy atom. The molecule has 0 amide bonds. The molecule has 0 aromatic heterocycles. The first-order valence-corrected chi connectivity index (χ1v) is 4.51. The smallest absolute Gasteiger partial charge is 0.119 e. The number of methoxy groups -OCH3 is 1. The Kier molecular flexibility index (Phi) is 3.32. The molecule has 13 heavy (non-hydrogen) atoms. The van der Waals surface area contributed by atoms with Gasteiger partial charge in [0.25, 0.3) is 0 Å². The molecule has 0 aliphatic carbocycles. The summed E-state index contributed by atoms with van der Waals surface area (Å²) in [4.78, 5) is 0. The Bertz CT molecular complexity index is 281. The summed E-state index contributed by atoms with van der Waals surface area (Å²) in [7, 11) is 1.64. The van der Waals surface area contributed by atoms with Crippen LogP contribution in [0.25, 0.3) is 0 Å². The largest absolute Gasteiger partial charge is 0.497 e. The van der Waals surface area contributed by atoms with Crippen molar-refractivity contribution in [1.29, 1.82) is 0 Å². The number of ether oxygens (including phenoxy) is 1. The minimum Gasteiger partial charge on any atom is -0.497 e. The van der Waals surface area contributed by atoms with Gasteiger partial charge in [0, 0.05) is 0 Å². The topological polar surface area (TPSA) is 29.5 Å². The van der Waals surface area contributed by atoms with Gasteiger partial charge in [-0.05, 0) is 36.6 Å². The summed E-state index contributed by atoms with van der Waals surface area (Å²) in [6.45, 7) is 3.95. The van der Waals surface area contributed by atoms with Gasteiger partial charge in [0.1, 0.15) is 5.75 Å². The molecule has 0 unspecified atom stereocenters. The van der Waals surface area contributed by atoms with Gasteiger partial charge in [0.15, 0.2) is 0 Å². The lowest BCUT2D eigenvalue weighted by atomic mass is 10.0. The Morgan fingerprint density at radius 2 is 2.15 bits per heavy atom. The maximum Gasteiger partial charge on any atom is 0.119 e. The zero-order chi connectivity index (χ0) is 9.84. The fourth-order valence-electron chi connectivity index (χ4n) is 1.37. The average Bonchev–Trinajstić information content (AvgIpc) is 2.16. The maximum absolute atomic E-state index is 9.63. The highest BCUT2D eigenvalue weighted by atomic mass is 16.5. The monoisotopic (exact) mass is 180 g/mol. The van der Waals surface area contributed by atoms with Crippen LogP contribution < -0.4 is 4.74 Å². The molecule has 0 aliphatic rings. The van der Waals surface area contributed by atoms with Gasteiger partial charge in [0.2, 0.25) is 0 Å². The number of hydrogen-bond acceptors (Lipinski definition) is 2. The van der Waals surface area contributed by atoms with Gasteiger partial charge in [-0.15, -0.1) is 0 Å². The second-order valence-electron chi connectivity index (χ2n) is 3.15. The normalized spacial score (nSPS) is 12.6. The van der Waals surface area contributed by atoms with E-state index in [-0.39, 0.29) is 6.10 Å². The van der Waals surface area contributed by atoms with Gasteiger partial charge in [-0.1, -0.05) is 13.0 Å². The quantitative estimate of drug-likeness (QED) is 0.774. The molecule has 0 spiro atoms. The zero-order valence-corrected chi connectivity index (χ0v) is 8.37. The molecule has 1 rings (SSSR count). The van der Waals surface area contributed by atoms with Crippen molar-refractivity contribution in [2.45, 2.75) is 26.4 Å². The van der Waals surface area contributed by atoms with E-state index >= 15 is 0 Å². The summed E-state index contributed by atoms with van der Waals surface area (Å²) in [5, 5.41) is 9.63. The summed E-state index contributed by atoms with van der Waals surface area (Å²) < 4.78 is 5.08. The van der Waals surface area contributed by atoms with Crippen LogP contribution in [0.5, 0.6) is 5.75 Å². The van der Waals surface area contributed by atoms with Crippen LogP contribution >= 0.6 is 0 Å². The van der Waals surface area contributed by atoms with Crippen LogP contribution in [0, 0.1) is 6.92 Å². The molecule has 2 nitrogen and oxygen atoms in total. The maximum atomic E-state index is 9.63. The van der Waals surface area contributed by atoms with Gasteiger partial charge >= 0.3 is 0 Å². The number of hydrogen-bond donors (Lipinski definition) is 1. The van der Waals surface area contributed by atoms with Gasteiger partial charge < -0.3 is 9.84 Å². The van der Waals surface area contributed by atoms with E-state index in [1.54, 1.807) is 7.11 Å². The van der Waals surface area contributed by atoms with Crippen LogP contribution in [0.2, 0.25) is 0 Å². The molecule has 72 valence electrons. The zero-order valence-electron chi connectivity index (χ0n) is 8.37. The number of benzene rings is 1. The van der Waals surface area contributed by atoms with Gasteiger partial charge in [-0.3, -0.25) is 0 Å². The van der Waals surface area contributed by atoms with Crippen LogP contribution in [0.3, 0.4) is 0 Å². The molecule has 1 N–H and O–H groups in total. The molecule has 1 aromatic carbocycles. The molecule has 0 aliphatic heterocycles. The van der Waals surface area contributed by atoms with E-state index in [1.165, 1.54) is 0 Å². The predicted molar refractivity (Wildman–Crippen MR) is 53.0 cm³/mol.